The van der Waals surface area contributed by atoms with Gasteiger partial charge in [-0.15, -0.1) is 0 Å². The van der Waals surface area contributed by atoms with E-state index < -0.39 is 0 Å². The van der Waals surface area contributed by atoms with E-state index >= 15 is 0 Å². The molecule has 0 aromatic heterocycles. The first-order valence-electron chi connectivity index (χ1n) is 8.21. The van der Waals surface area contributed by atoms with E-state index in [1.54, 1.807) is 31.4 Å². The molecule has 2 aromatic carbocycles. The molecule has 0 aliphatic rings. The van der Waals surface area contributed by atoms with Gasteiger partial charge >= 0.3 is 0 Å². The molecular weight excluding hydrogens is 316 g/mol. The maximum absolute atomic E-state index is 12.2. The van der Waals surface area contributed by atoms with Gasteiger partial charge in [0.25, 0.3) is 5.91 Å². The molecule has 25 heavy (non-hydrogen) atoms. The molecule has 0 heterocycles. The Hall–Kier alpha value is -2.82. The van der Waals surface area contributed by atoms with Crippen LogP contribution in [0.2, 0.25) is 0 Å². The predicted molar refractivity (Wildman–Crippen MR) is 99.4 cm³/mol. The molecule has 1 amide bonds. The number of amides is 1. The topological polar surface area (TPSA) is 59.9 Å². The van der Waals surface area contributed by atoms with Gasteiger partial charge in [0.1, 0.15) is 11.5 Å². The van der Waals surface area contributed by atoms with Crippen LogP contribution in [0.25, 0.3) is 0 Å². The van der Waals surface area contributed by atoms with Crippen molar-refractivity contribution < 1.29 is 14.3 Å². The van der Waals surface area contributed by atoms with E-state index in [1.165, 1.54) is 0 Å². The lowest BCUT2D eigenvalue weighted by Crippen LogP contribution is -2.19. The number of nitrogens with one attached hydrogen (secondary N) is 1. The zero-order valence-electron chi connectivity index (χ0n) is 15.1. The second-order valence-electron chi connectivity index (χ2n) is 6.10. The Morgan fingerprint density at radius 2 is 1.56 bits per heavy atom. The Balaban J connectivity index is 1.96. The SMILES string of the molecule is COc1ccc(C(C)=NNC(=O)c2ccc(OCC(C)C)cc2)cc1. The number of rotatable bonds is 7. The molecule has 2 aromatic rings. The normalized spacial score (nSPS) is 11.3. The highest BCUT2D eigenvalue weighted by molar-refractivity contribution is 6.00. The van der Waals surface area contributed by atoms with Crippen LogP contribution in [0.4, 0.5) is 0 Å². The fraction of sp³-hybridized carbons (Fsp3) is 0.300. The van der Waals surface area contributed by atoms with E-state index in [0.29, 0.717) is 23.8 Å². The van der Waals surface area contributed by atoms with E-state index in [4.69, 9.17) is 9.47 Å². The summed E-state index contributed by atoms with van der Waals surface area (Å²) in [6.07, 6.45) is 0. The maximum Gasteiger partial charge on any atom is 0.271 e. The van der Waals surface area contributed by atoms with Crippen LogP contribution in [0.5, 0.6) is 11.5 Å². The van der Waals surface area contributed by atoms with Crippen LogP contribution in [0.3, 0.4) is 0 Å². The van der Waals surface area contributed by atoms with E-state index in [9.17, 15) is 4.79 Å². The predicted octanol–water partition coefficient (Wildman–Crippen LogP) is 3.88. The third-order valence-electron chi connectivity index (χ3n) is 3.53. The Kier molecular flexibility index (Phi) is 6.57. The number of benzene rings is 2. The summed E-state index contributed by atoms with van der Waals surface area (Å²) in [7, 11) is 1.62. The molecule has 0 spiro atoms. The van der Waals surface area contributed by atoms with Crippen LogP contribution in [-0.4, -0.2) is 25.3 Å². The number of hydrogen-bond donors (Lipinski definition) is 1. The number of methoxy groups -OCH3 is 1. The minimum atomic E-state index is -0.261. The molecule has 132 valence electrons. The third-order valence-corrected chi connectivity index (χ3v) is 3.53. The van der Waals surface area contributed by atoms with Crippen molar-refractivity contribution in [2.24, 2.45) is 11.0 Å². The van der Waals surface area contributed by atoms with Crippen LogP contribution >= 0.6 is 0 Å². The van der Waals surface area contributed by atoms with Crippen LogP contribution in [0.15, 0.2) is 53.6 Å². The number of hydrogen-bond acceptors (Lipinski definition) is 4. The average Bonchev–Trinajstić information content (AvgIpc) is 2.64. The minimum absolute atomic E-state index is 0.261. The summed E-state index contributed by atoms with van der Waals surface area (Å²) in [4.78, 5) is 12.2. The van der Waals surface area contributed by atoms with Gasteiger partial charge in [-0.25, -0.2) is 5.43 Å². The Labute approximate surface area is 148 Å². The van der Waals surface area contributed by atoms with E-state index in [-0.39, 0.29) is 5.91 Å². The first-order valence-corrected chi connectivity index (χ1v) is 8.21. The number of carbonyl (C=O) groups is 1. The lowest BCUT2D eigenvalue weighted by molar-refractivity contribution is 0.0955. The molecule has 0 aliphatic heterocycles. The highest BCUT2D eigenvalue weighted by atomic mass is 16.5. The van der Waals surface area contributed by atoms with Gasteiger partial charge in [0.05, 0.1) is 19.4 Å². The van der Waals surface area contributed by atoms with Gasteiger partial charge in [-0.2, -0.15) is 5.10 Å². The standard InChI is InChI=1S/C20H24N2O3/c1-14(2)13-25-19-11-7-17(8-12-19)20(23)22-21-15(3)16-5-9-18(24-4)10-6-16/h5-12,14H,13H2,1-4H3,(H,22,23). The van der Waals surface area contributed by atoms with Gasteiger partial charge < -0.3 is 9.47 Å². The third kappa shape index (κ3) is 5.64. The summed E-state index contributed by atoms with van der Waals surface area (Å²) in [5.74, 6) is 1.73. The second kappa shape index (κ2) is 8.87. The van der Waals surface area contributed by atoms with Crippen LogP contribution in [0, 0.1) is 5.92 Å². The summed E-state index contributed by atoms with van der Waals surface area (Å²) < 4.78 is 10.7. The molecule has 0 saturated heterocycles. The molecule has 0 fully saturated rings. The fourth-order valence-electron chi connectivity index (χ4n) is 2.06. The summed E-state index contributed by atoms with van der Waals surface area (Å²) in [5, 5.41) is 4.15. The lowest BCUT2D eigenvalue weighted by atomic mass is 10.1. The van der Waals surface area contributed by atoms with Crippen molar-refractivity contribution in [1.82, 2.24) is 5.43 Å². The lowest BCUT2D eigenvalue weighted by Gasteiger charge is -2.09. The largest absolute Gasteiger partial charge is 0.497 e. The van der Waals surface area contributed by atoms with Crippen molar-refractivity contribution in [2.45, 2.75) is 20.8 Å². The number of ether oxygens (including phenoxy) is 2. The fourth-order valence-corrected chi connectivity index (χ4v) is 2.06. The zero-order valence-corrected chi connectivity index (χ0v) is 15.1. The molecule has 5 heteroatoms. The Morgan fingerprint density at radius 3 is 2.12 bits per heavy atom. The second-order valence-corrected chi connectivity index (χ2v) is 6.10. The minimum Gasteiger partial charge on any atom is -0.497 e. The van der Waals surface area contributed by atoms with E-state index in [0.717, 1.165) is 17.1 Å². The first-order chi connectivity index (χ1) is 12.0. The van der Waals surface area contributed by atoms with Crippen molar-refractivity contribution in [2.75, 3.05) is 13.7 Å². The molecule has 0 unspecified atom stereocenters. The highest BCUT2D eigenvalue weighted by Crippen LogP contribution is 2.14. The molecule has 0 atom stereocenters. The van der Waals surface area contributed by atoms with Crippen molar-refractivity contribution in [1.29, 1.82) is 0 Å². The van der Waals surface area contributed by atoms with Crippen LogP contribution < -0.4 is 14.9 Å². The molecule has 5 nitrogen and oxygen atoms in total. The van der Waals surface area contributed by atoms with Crippen molar-refractivity contribution >= 4 is 11.6 Å². The van der Waals surface area contributed by atoms with Gasteiger partial charge in [0, 0.05) is 5.56 Å². The number of nitrogens with zero attached hydrogens (tertiary/aromatic N) is 1. The Bertz CT molecular complexity index is 720. The van der Waals surface area contributed by atoms with Gasteiger partial charge in [-0.3, -0.25) is 4.79 Å². The van der Waals surface area contributed by atoms with E-state index in [2.05, 4.69) is 24.4 Å². The summed E-state index contributed by atoms with van der Waals surface area (Å²) in [5.41, 5.74) is 4.73. The molecule has 1 N–H and O–H groups in total. The molecule has 0 bridgehead atoms. The molecule has 0 radical (unpaired) electrons. The van der Waals surface area contributed by atoms with Crippen LogP contribution in [-0.2, 0) is 0 Å². The molecule has 2 rings (SSSR count). The van der Waals surface area contributed by atoms with Crippen LogP contribution in [0.1, 0.15) is 36.7 Å². The first kappa shape index (κ1) is 18.5. The highest BCUT2D eigenvalue weighted by Gasteiger charge is 2.06. The van der Waals surface area contributed by atoms with Gasteiger partial charge in [-0.05, 0) is 66.9 Å². The van der Waals surface area contributed by atoms with Gasteiger partial charge in [0.15, 0.2) is 0 Å². The number of hydrazone groups is 1. The monoisotopic (exact) mass is 340 g/mol. The number of carbonyl (C=O) groups excluding carboxylic acids is 1. The van der Waals surface area contributed by atoms with Gasteiger partial charge in [-0.1, -0.05) is 13.8 Å². The maximum atomic E-state index is 12.2. The summed E-state index contributed by atoms with van der Waals surface area (Å²) in [6.45, 7) is 6.66. The van der Waals surface area contributed by atoms with Crippen molar-refractivity contribution in [3.63, 3.8) is 0 Å². The van der Waals surface area contributed by atoms with Crippen molar-refractivity contribution in [3.8, 4) is 11.5 Å². The quantitative estimate of drug-likeness (QED) is 0.614. The molecule has 0 aliphatic carbocycles. The Morgan fingerprint density at radius 1 is 1.00 bits per heavy atom. The molecular formula is C20H24N2O3. The van der Waals surface area contributed by atoms with Gasteiger partial charge in [0.2, 0.25) is 0 Å². The summed E-state index contributed by atoms with van der Waals surface area (Å²) >= 11 is 0. The summed E-state index contributed by atoms with van der Waals surface area (Å²) in [6, 6.07) is 14.5. The zero-order chi connectivity index (χ0) is 18.2. The van der Waals surface area contributed by atoms with E-state index in [1.807, 2.05) is 31.2 Å². The smallest absolute Gasteiger partial charge is 0.271 e. The van der Waals surface area contributed by atoms with Crippen molar-refractivity contribution in [3.05, 3.63) is 59.7 Å². The average molecular weight is 340 g/mol. The molecule has 0 saturated carbocycles.